The average molecular weight is 293 g/mol. The van der Waals surface area contributed by atoms with E-state index in [9.17, 15) is 9.90 Å². The summed E-state index contributed by atoms with van der Waals surface area (Å²) < 4.78 is 1.81. The minimum absolute atomic E-state index is 0.0641. The summed E-state index contributed by atoms with van der Waals surface area (Å²) >= 11 is 0. The molecule has 0 bridgehead atoms. The highest BCUT2D eigenvalue weighted by molar-refractivity contribution is 5.68. The van der Waals surface area contributed by atoms with Crippen LogP contribution < -0.4 is 0 Å². The average Bonchev–Trinajstić information content (AvgIpc) is 2.79. The molecule has 5 nitrogen and oxygen atoms in total. The fourth-order valence-electron chi connectivity index (χ4n) is 3.16. The van der Waals surface area contributed by atoms with Gasteiger partial charge in [0, 0.05) is 30.3 Å². The number of piperidine rings is 1. The fourth-order valence-corrected chi connectivity index (χ4v) is 3.16. The summed E-state index contributed by atoms with van der Waals surface area (Å²) in [7, 11) is 1.91. The third kappa shape index (κ3) is 3.84. The van der Waals surface area contributed by atoms with Gasteiger partial charge in [-0.15, -0.1) is 0 Å². The van der Waals surface area contributed by atoms with Gasteiger partial charge >= 0.3 is 5.97 Å². The van der Waals surface area contributed by atoms with Crippen molar-refractivity contribution in [3.8, 4) is 0 Å². The van der Waals surface area contributed by atoms with Crippen molar-refractivity contribution in [3.05, 3.63) is 17.5 Å². The summed E-state index contributed by atoms with van der Waals surface area (Å²) in [5.74, 6) is -0.741. The fraction of sp³-hybridized carbons (Fsp3) is 0.750. The Morgan fingerprint density at radius 1 is 1.33 bits per heavy atom. The molecule has 1 unspecified atom stereocenters. The molecule has 0 spiro atoms. The Hall–Kier alpha value is -1.36. The number of aliphatic carboxylic acids is 1. The summed E-state index contributed by atoms with van der Waals surface area (Å²) in [5.41, 5.74) is 2.01. The number of aromatic nitrogens is 2. The number of carbonyl (C=O) groups is 1. The Bertz CT molecular complexity index is 496. The topological polar surface area (TPSA) is 58.4 Å². The van der Waals surface area contributed by atoms with Gasteiger partial charge in [-0.2, -0.15) is 5.10 Å². The first-order valence-corrected chi connectivity index (χ1v) is 7.79. The number of rotatable bonds is 4. The molecule has 1 N–H and O–H groups in total. The van der Waals surface area contributed by atoms with Gasteiger partial charge in [-0.05, 0) is 25.9 Å². The van der Waals surface area contributed by atoms with E-state index in [-0.39, 0.29) is 17.9 Å². The lowest BCUT2D eigenvalue weighted by molar-refractivity contribution is -0.138. The first-order valence-electron chi connectivity index (χ1n) is 7.79. The van der Waals surface area contributed by atoms with Gasteiger partial charge in [0.15, 0.2) is 0 Å². The van der Waals surface area contributed by atoms with Gasteiger partial charge in [0.1, 0.15) is 0 Å². The van der Waals surface area contributed by atoms with E-state index < -0.39 is 5.97 Å². The molecular formula is C16H27N3O2. The number of carboxylic acids is 1. The number of hydrogen-bond acceptors (Lipinski definition) is 3. The van der Waals surface area contributed by atoms with Crippen LogP contribution in [-0.4, -0.2) is 38.8 Å². The second-order valence-corrected chi connectivity index (χ2v) is 7.07. The van der Waals surface area contributed by atoms with Gasteiger partial charge in [-0.3, -0.25) is 14.4 Å². The molecule has 1 aromatic rings. The molecule has 5 heteroatoms. The number of likely N-dealkylation sites (tertiary alicyclic amines) is 1. The molecule has 1 aliphatic heterocycles. The van der Waals surface area contributed by atoms with Crippen molar-refractivity contribution in [2.24, 2.45) is 7.05 Å². The van der Waals surface area contributed by atoms with E-state index in [4.69, 9.17) is 0 Å². The standard InChI is InChI=1S/C16H27N3O2/c1-16(2,3)15-12(11-18(4)17-15)13(10-14(20)21)19-8-6-5-7-9-19/h11,13H,5-10H2,1-4H3,(H,20,21). The molecule has 1 aliphatic rings. The van der Waals surface area contributed by atoms with E-state index in [1.54, 1.807) is 0 Å². The summed E-state index contributed by atoms with van der Waals surface area (Å²) in [6, 6.07) is -0.0641. The summed E-state index contributed by atoms with van der Waals surface area (Å²) in [6.07, 6.45) is 5.70. The van der Waals surface area contributed by atoms with Crippen LogP contribution >= 0.6 is 0 Å². The molecule has 1 saturated heterocycles. The molecule has 1 fully saturated rings. The minimum Gasteiger partial charge on any atom is -0.481 e. The van der Waals surface area contributed by atoms with Crippen LogP contribution in [0, 0.1) is 0 Å². The maximum atomic E-state index is 11.3. The minimum atomic E-state index is -0.741. The second kappa shape index (κ2) is 6.18. The van der Waals surface area contributed by atoms with E-state index >= 15 is 0 Å². The lowest BCUT2D eigenvalue weighted by Crippen LogP contribution is -2.36. The molecule has 21 heavy (non-hydrogen) atoms. The van der Waals surface area contributed by atoms with Crippen LogP contribution in [0.25, 0.3) is 0 Å². The molecule has 0 aliphatic carbocycles. The van der Waals surface area contributed by atoms with Gasteiger partial charge in [0.25, 0.3) is 0 Å². The smallest absolute Gasteiger partial charge is 0.305 e. The molecule has 1 atom stereocenters. The monoisotopic (exact) mass is 293 g/mol. The van der Waals surface area contributed by atoms with E-state index in [1.807, 2.05) is 17.9 Å². The van der Waals surface area contributed by atoms with Crippen molar-refractivity contribution in [1.29, 1.82) is 0 Å². The lowest BCUT2D eigenvalue weighted by Gasteiger charge is -2.35. The van der Waals surface area contributed by atoms with Gasteiger partial charge in [-0.25, -0.2) is 0 Å². The number of nitrogens with zero attached hydrogens (tertiary/aromatic N) is 3. The van der Waals surface area contributed by atoms with Crippen LogP contribution in [0.5, 0.6) is 0 Å². The first-order chi connectivity index (χ1) is 9.79. The van der Waals surface area contributed by atoms with Crippen molar-refractivity contribution in [1.82, 2.24) is 14.7 Å². The third-order valence-electron chi connectivity index (χ3n) is 4.13. The zero-order chi connectivity index (χ0) is 15.6. The first kappa shape index (κ1) is 16.0. The lowest BCUT2D eigenvalue weighted by atomic mass is 9.86. The quantitative estimate of drug-likeness (QED) is 0.927. The van der Waals surface area contributed by atoms with Crippen LogP contribution in [0.3, 0.4) is 0 Å². The largest absolute Gasteiger partial charge is 0.481 e. The van der Waals surface area contributed by atoms with E-state index in [1.165, 1.54) is 6.42 Å². The second-order valence-electron chi connectivity index (χ2n) is 7.07. The number of carboxylic acid groups (broad SMARTS) is 1. The highest BCUT2D eigenvalue weighted by atomic mass is 16.4. The van der Waals surface area contributed by atoms with E-state index in [0.717, 1.165) is 37.2 Å². The Balaban J connectivity index is 2.38. The van der Waals surface area contributed by atoms with Crippen LogP contribution in [0.4, 0.5) is 0 Å². The number of aryl methyl sites for hydroxylation is 1. The summed E-state index contributed by atoms with van der Waals surface area (Å²) in [6.45, 7) is 8.36. The number of hydrogen-bond donors (Lipinski definition) is 1. The molecular weight excluding hydrogens is 266 g/mol. The zero-order valence-electron chi connectivity index (χ0n) is 13.6. The maximum Gasteiger partial charge on any atom is 0.305 e. The van der Waals surface area contributed by atoms with E-state index in [2.05, 4.69) is 30.8 Å². The molecule has 0 saturated carbocycles. The Morgan fingerprint density at radius 3 is 2.48 bits per heavy atom. The van der Waals surface area contributed by atoms with Gasteiger partial charge in [0.05, 0.1) is 12.1 Å². The summed E-state index contributed by atoms with van der Waals surface area (Å²) in [4.78, 5) is 13.7. The predicted molar refractivity (Wildman–Crippen MR) is 82.3 cm³/mol. The zero-order valence-corrected chi connectivity index (χ0v) is 13.6. The molecule has 1 aromatic heterocycles. The molecule has 2 heterocycles. The van der Waals surface area contributed by atoms with Gasteiger partial charge < -0.3 is 5.11 Å². The molecule has 0 radical (unpaired) electrons. The normalized spacial score (nSPS) is 18.7. The third-order valence-corrected chi connectivity index (χ3v) is 4.13. The maximum absolute atomic E-state index is 11.3. The predicted octanol–water partition coefficient (Wildman–Crippen LogP) is 2.72. The van der Waals surface area contributed by atoms with Crippen LogP contribution in [0.1, 0.15) is 63.8 Å². The molecule has 2 rings (SSSR count). The van der Waals surface area contributed by atoms with E-state index in [0.29, 0.717) is 0 Å². The van der Waals surface area contributed by atoms with Gasteiger partial charge in [0.2, 0.25) is 0 Å². The van der Waals surface area contributed by atoms with Crippen molar-refractivity contribution in [2.75, 3.05) is 13.1 Å². The Morgan fingerprint density at radius 2 is 1.95 bits per heavy atom. The van der Waals surface area contributed by atoms with Crippen molar-refractivity contribution >= 4 is 5.97 Å². The molecule has 118 valence electrons. The summed E-state index contributed by atoms with van der Waals surface area (Å²) in [5, 5.41) is 13.9. The van der Waals surface area contributed by atoms with Gasteiger partial charge in [-0.1, -0.05) is 27.2 Å². The SMILES string of the molecule is Cn1cc(C(CC(=O)O)N2CCCCC2)c(C(C)(C)C)n1. The Kier molecular flexibility index (Phi) is 4.71. The van der Waals surface area contributed by atoms with Crippen molar-refractivity contribution in [3.63, 3.8) is 0 Å². The molecule has 0 aromatic carbocycles. The van der Waals surface area contributed by atoms with Crippen LogP contribution in [-0.2, 0) is 17.3 Å². The highest BCUT2D eigenvalue weighted by Gasteiger charge is 2.31. The van der Waals surface area contributed by atoms with Crippen LogP contribution in [0.2, 0.25) is 0 Å². The highest BCUT2D eigenvalue weighted by Crippen LogP contribution is 2.34. The van der Waals surface area contributed by atoms with Crippen molar-refractivity contribution < 1.29 is 9.90 Å². The molecule has 0 amide bonds. The van der Waals surface area contributed by atoms with Crippen LogP contribution in [0.15, 0.2) is 6.20 Å². The van der Waals surface area contributed by atoms with Crippen molar-refractivity contribution in [2.45, 2.75) is 57.9 Å². The Labute approximate surface area is 126 Å².